The lowest BCUT2D eigenvalue weighted by Gasteiger charge is -2.23. The van der Waals surface area contributed by atoms with E-state index in [0.29, 0.717) is 22.2 Å². The van der Waals surface area contributed by atoms with E-state index >= 15 is 0 Å². The van der Waals surface area contributed by atoms with E-state index in [1.165, 1.54) is 5.01 Å². The highest BCUT2D eigenvalue weighted by Gasteiger charge is 2.35. The zero-order valence-electron chi connectivity index (χ0n) is 18.6. The van der Waals surface area contributed by atoms with E-state index in [-0.39, 0.29) is 5.91 Å². The molecule has 1 aliphatic rings. The van der Waals surface area contributed by atoms with Crippen molar-refractivity contribution in [2.45, 2.75) is 19.4 Å². The van der Waals surface area contributed by atoms with Crippen molar-refractivity contribution in [3.05, 3.63) is 105 Å². The molecule has 7 heteroatoms. The molecular weight excluding hydrogens is 469 g/mol. The maximum absolute atomic E-state index is 13.5. The predicted octanol–water partition coefficient (Wildman–Crippen LogP) is 6.85. The molecule has 0 N–H and O–H groups in total. The van der Waals surface area contributed by atoms with Crippen LogP contribution >= 0.6 is 23.2 Å². The number of methoxy groups -OCH3 is 1. The SMILES string of the molecule is COc1ccc(C2=NN(C(=O)c3ccc(Cl)cc3)[C@H](c3cc4ccc(C)cc4nc3Cl)C2)cc1. The molecule has 0 fully saturated rings. The van der Waals surface area contributed by atoms with Crippen LogP contribution in [0.1, 0.15) is 39.5 Å². The number of hydrazone groups is 1. The Morgan fingerprint density at radius 3 is 2.44 bits per heavy atom. The van der Waals surface area contributed by atoms with E-state index in [2.05, 4.69) is 4.98 Å². The first-order valence-corrected chi connectivity index (χ1v) is 11.6. The Labute approximate surface area is 207 Å². The first-order valence-electron chi connectivity index (χ1n) is 10.8. The zero-order valence-corrected chi connectivity index (χ0v) is 20.1. The molecule has 0 saturated heterocycles. The van der Waals surface area contributed by atoms with Gasteiger partial charge in [-0.2, -0.15) is 5.10 Å². The third-order valence-electron chi connectivity index (χ3n) is 5.95. The monoisotopic (exact) mass is 489 g/mol. The Kier molecular flexibility index (Phi) is 5.98. The minimum absolute atomic E-state index is 0.231. The number of fused-ring (bicyclic) bond motifs is 1. The number of nitrogens with zero attached hydrogens (tertiary/aromatic N) is 3. The Morgan fingerprint density at radius 1 is 1.00 bits per heavy atom. The summed E-state index contributed by atoms with van der Waals surface area (Å²) in [5.41, 5.74) is 4.88. The number of carbonyl (C=O) groups is 1. The van der Waals surface area contributed by atoms with Crippen LogP contribution in [0.5, 0.6) is 5.75 Å². The van der Waals surface area contributed by atoms with Crippen molar-refractivity contribution >= 4 is 45.7 Å². The summed E-state index contributed by atoms with van der Waals surface area (Å²) in [6.45, 7) is 2.02. The summed E-state index contributed by atoms with van der Waals surface area (Å²) < 4.78 is 5.27. The van der Waals surface area contributed by atoms with Gasteiger partial charge >= 0.3 is 0 Å². The molecule has 1 aliphatic heterocycles. The van der Waals surface area contributed by atoms with Crippen molar-refractivity contribution in [2.75, 3.05) is 7.11 Å². The second-order valence-electron chi connectivity index (χ2n) is 8.22. The highest BCUT2D eigenvalue weighted by molar-refractivity contribution is 6.31. The van der Waals surface area contributed by atoms with Gasteiger partial charge in [-0.15, -0.1) is 0 Å². The Bertz CT molecular complexity index is 1420. The van der Waals surface area contributed by atoms with Gasteiger partial charge < -0.3 is 4.74 Å². The van der Waals surface area contributed by atoms with Crippen molar-refractivity contribution in [3.63, 3.8) is 0 Å². The van der Waals surface area contributed by atoms with Gasteiger partial charge in [0, 0.05) is 28.0 Å². The van der Waals surface area contributed by atoms with Crippen LogP contribution in [0.2, 0.25) is 10.2 Å². The molecule has 1 atom stereocenters. The summed E-state index contributed by atoms with van der Waals surface area (Å²) in [5.74, 6) is 0.523. The average Bonchev–Trinajstić information content (AvgIpc) is 3.29. The maximum Gasteiger partial charge on any atom is 0.274 e. The fourth-order valence-corrected chi connectivity index (χ4v) is 4.52. The fourth-order valence-electron chi connectivity index (χ4n) is 4.13. The van der Waals surface area contributed by atoms with Gasteiger partial charge in [0.1, 0.15) is 10.9 Å². The number of aromatic nitrogens is 1. The Morgan fingerprint density at radius 2 is 1.74 bits per heavy atom. The molecule has 4 aromatic rings. The Balaban J connectivity index is 1.58. The van der Waals surface area contributed by atoms with Gasteiger partial charge in [-0.25, -0.2) is 9.99 Å². The molecule has 34 heavy (non-hydrogen) atoms. The third-order valence-corrected chi connectivity index (χ3v) is 6.50. The van der Waals surface area contributed by atoms with Crippen LogP contribution in [0.3, 0.4) is 0 Å². The van der Waals surface area contributed by atoms with Crippen LogP contribution in [0, 0.1) is 6.92 Å². The number of benzene rings is 3. The maximum atomic E-state index is 13.5. The number of pyridine rings is 1. The van der Waals surface area contributed by atoms with E-state index in [1.54, 1.807) is 31.4 Å². The van der Waals surface area contributed by atoms with E-state index in [9.17, 15) is 4.79 Å². The quantitative estimate of drug-likeness (QED) is 0.294. The summed E-state index contributed by atoms with van der Waals surface area (Å²) in [6.07, 6.45) is 0.504. The number of halogens is 2. The molecule has 0 aliphatic carbocycles. The van der Waals surface area contributed by atoms with Gasteiger partial charge in [0.2, 0.25) is 0 Å². The second-order valence-corrected chi connectivity index (χ2v) is 9.01. The zero-order chi connectivity index (χ0) is 23.8. The number of hydrogen-bond acceptors (Lipinski definition) is 4. The van der Waals surface area contributed by atoms with Gasteiger partial charge in [0.15, 0.2) is 0 Å². The first-order chi connectivity index (χ1) is 16.4. The smallest absolute Gasteiger partial charge is 0.274 e. The van der Waals surface area contributed by atoms with Gasteiger partial charge in [-0.3, -0.25) is 4.79 Å². The molecule has 0 radical (unpaired) electrons. The van der Waals surface area contributed by atoms with Crippen molar-refractivity contribution < 1.29 is 9.53 Å². The highest BCUT2D eigenvalue weighted by atomic mass is 35.5. The molecular formula is C27H21Cl2N3O2. The van der Waals surface area contributed by atoms with E-state index < -0.39 is 6.04 Å². The van der Waals surface area contributed by atoms with Gasteiger partial charge in [0.25, 0.3) is 5.91 Å². The topological polar surface area (TPSA) is 54.8 Å². The summed E-state index contributed by atoms with van der Waals surface area (Å²) >= 11 is 12.7. The summed E-state index contributed by atoms with van der Waals surface area (Å²) in [6, 6.07) is 22.1. The molecule has 0 unspecified atom stereocenters. The van der Waals surface area contributed by atoms with E-state index in [4.69, 9.17) is 33.0 Å². The number of carbonyl (C=O) groups excluding carboxylic acids is 1. The van der Waals surface area contributed by atoms with Crippen LogP contribution in [-0.4, -0.2) is 28.7 Å². The average molecular weight is 490 g/mol. The van der Waals surface area contributed by atoms with Gasteiger partial charge in [0.05, 0.1) is 24.4 Å². The predicted molar refractivity (Wildman–Crippen MR) is 136 cm³/mol. The molecule has 1 aromatic heterocycles. The molecule has 5 rings (SSSR count). The van der Waals surface area contributed by atoms with Crippen LogP contribution < -0.4 is 4.74 Å². The fraction of sp³-hybridized carbons (Fsp3) is 0.148. The lowest BCUT2D eigenvalue weighted by molar-refractivity contribution is 0.0711. The van der Waals surface area contributed by atoms with Crippen molar-refractivity contribution in [2.24, 2.45) is 5.10 Å². The summed E-state index contributed by atoms with van der Waals surface area (Å²) in [5, 5.41) is 8.14. The molecule has 3 aromatic carbocycles. The van der Waals surface area contributed by atoms with Crippen molar-refractivity contribution in [1.82, 2.24) is 9.99 Å². The van der Waals surface area contributed by atoms with Crippen LogP contribution in [0.25, 0.3) is 10.9 Å². The van der Waals surface area contributed by atoms with Crippen molar-refractivity contribution in [1.29, 1.82) is 0 Å². The molecule has 2 heterocycles. The molecule has 0 spiro atoms. The van der Waals surface area contributed by atoms with E-state index in [0.717, 1.165) is 39.1 Å². The third kappa shape index (κ3) is 4.25. The normalized spacial score (nSPS) is 15.5. The highest BCUT2D eigenvalue weighted by Crippen LogP contribution is 2.38. The molecule has 0 bridgehead atoms. The lowest BCUT2D eigenvalue weighted by Crippen LogP contribution is -2.27. The second kappa shape index (κ2) is 9.09. The number of hydrogen-bond donors (Lipinski definition) is 0. The molecule has 5 nitrogen and oxygen atoms in total. The van der Waals surface area contributed by atoms with Crippen LogP contribution in [0.15, 0.2) is 77.9 Å². The number of ether oxygens (including phenoxy) is 1. The number of amides is 1. The molecule has 170 valence electrons. The Hall–Kier alpha value is -3.41. The lowest BCUT2D eigenvalue weighted by atomic mass is 9.97. The van der Waals surface area contributed by atoms with Gasteiger partial charge in [-0.05, 0) is 78.7 Å². The van der Waals surface area contributed by atoms with Gasteiger partial charge in [-0.1, -0.05) is 35.3 Å². The summed E-state index contributed by atoms with van der Waals surface area (Å²) in [4.78, 5) is 18.2. The van der Waals surface area contributed by atoms with Crippen molar-refractivity contribution in [3.8, 4) is 5.75 Å². The molecule has 0 saturated carbocycles. The minimum Gasteiger partial charge on any atom is -0.497 e. The van der Waals surface area contributed by atoms with E-state index in [1.807, 2.05) is 55.5 Å². The molecule has 1 amide bonds. The first kappa shape index (κ1) is 22.4. The number of rotatable bonds is 4. The summed E-state index contributed by atoms with van der Waals surface area (Å²) in [7, 11) is 1.63. The minimum atomic E-state index is -0.397. The van der Waals surface area contributed by atoms with Crippen LogP contribution in [-0.2, 0) is 0 Å². The van der Waals surface area contributed by atoms with Crippen LogP contribution in [0.4, 0.5) is 0 Å². The number of aryl methyl sites for hydroxylation is 1. The largest absolute Gasteiger partial charge is 0.497 e. The standard InChI is InChI=1S/C27H21Cl2N3O2/c1-16-3-4-19-14-22(26(29)30-23(19)13-16)25-15-24(17-7-11-21(34-2)12-8-17)31-32(25)27(33)18-5-9-20(28)10-6-18/h3-14,25H,15H2,1-2H3/t25-/m0/s1.